The predicted octanol–water partition coefficient (Wildman–Crippen LogP) is 1.90. The molecule has 19 heavy (non-hydrogen) atoms. The third kappa shape index (κ3) is 3.20. The van der Waals surface area contributed by atoms with E-state index in [0.29, 0.717) is 24.2 Å². The molecule has 0 amide bonds. The van der Waals surface area contributed by atoms with Crippen molar-refractivity contribution in [1.29, 1.82) is 0 Å². The van der Waals surface area contributed by atoms with E-state index >= 15 is 0 Å². The number of nitrogens with two attached hydrogens (primary N) is 1. The van der Waals surface area contributed by atoms with Gasteiger partial charge in [0.05, 0.1) is 17.7 Å². The van der Waals surface area contributed by atoms with Gasteiger partial charge in [-0.25, -0.2) is 9.97 Å². The molecule has 0 saturated heterocycles. The smallest absolute Gasteiger partial charge is 0.163 e. The Kier molecular flexibility index (Phi) is 3.99. The van der Waals surface area contributed by atoms with E-state index in [1.807, 2.05) is 7.05 Å². The molecule has 0 aliphatic carbocycles. The number of nitrogen functional groups attached to an aromatic ring is 1. The Labute approximate surface area is 113 Å². The topological polar surface area (TPSA) is 78.9 Å². The van der Waals surface area contributed by atoms with Crippen LogP contribution in [0.4, 0.5) is 5.82 Å². The quantitative estimate of drug-likeness (QED) is 0.891. The van der Waals surface area contributed by atoms with Gasteiger partial charge in [-0.15, -0.1) is 0 Å². The highest BCUT2D eigenvalue weighted by molar-refractivity contribution is 5.84. The summed E-state index contributed by atoms with van der Waals surface area (Å²) < 4.78 is 7.44. The van der Waals surface area contributed by atoms with Crippen LogP contribution in [0.1, 0.15) is 33.0 Å². The van der Waals surface area contributed by atoms with Gasteiger partial charge in [0.1, 0.15) is 12.4 Å². The Morgan fingerprint density at radius 2 is 2.05 bits per heavy atom. The van der Waals surface area contributed by atoms with Crippen LogP contribution < -0.4 is 5.73 Å². The van der Waals surface area contributed by atoms with Crippen LogP contribution in [0.3, 0.4) is 0 Å². The van der Waals surface area contributed by atoms with Gasteiger partial charge in [-0.1, -0.05) is 13.8 Å². The van der Waals surface area contributed by atoms with Crippen molar-refractivity contribution in [3.8, 4) is 0 Å². The zero-order chi connectivity index (χ0) is 14.0. The molecule has 0 spiro atoms. The summed E-state index contributed by atoms with van der Waals surface area (Å²) in [6.45, 7) is 6.79. The molecule has 2 aromatic heterocycles. The highest BCUT2D eigenvalue weighted by Crippen LogP contribution is 2.17. The first-order valence-corrected chi connectivity index (χ1v) is 6.53. The van der Waals surface area contributed by atoms with E-state index < -0.39 is 0 Å². The van der Waals surface area contributed by atoms with Gasteiger partial charge in [-0.2, -0.15) is 5.10 Å². The summed E-state index contributed by atoms with van der Waals surface area (Å²) in [5.41, 5.74) is 6.64. The number of hydrogen-bond donors (Lipinski definition) is 1. The molecule has 0 saturated carbocycles. The third-order valence-electron chi connectivity index (χ3n) is 2.97. The summed E-state index contributed by atoms with van der Waals surface area (Å²) in [6, 6.07) is 0. The lowest BCUT2D eigenvalue weighted by Gasteiger charge is -2.14. The van der Waals surface area contributed by atoms with Crippen molar-refractivity contribution in [2.75, 3.05) is 5.73 Å². The fourth-order valence-corrected chi connectivity index (χ4v) is 2.10. The SMILES string of the molecule is CC(C)CC(C)OCc1nc(N)c2cnn(C)c2n1. The fourth-order valence-electron chi connectivity index (χ4n) is 2.10. The van der Waals surface area contributed by atoms with E-state index in [1.165, 1.54) is 0 Å². The van der Waals surface area contributed by atoms with Crippen LogP contribution in [-0.2, 0) is 18.4 Å². The maximum atomic E-state index is 5.90. The van der Waals surface area contributed by atoms with Crippen molar-refractivity contribution < 1.29 is 4.74 Å². The number of fused-ring (bicyclic) bond motifs is 1. The normalized spacial score (nSPS) is 13.3. The van der Waals surface area contributed by atoms with Gasteiger partial charge >= 0.3 is 0 Å². The van der Waals surface area contributed by atoms with Crippen LogP contribution in [0.5, 0.6) is 0 Å². The minimum absolute atomic E-state index is 0.187. The summed E-state index contributed by atoms with van der Waals surface area (Å²) >= 11 is 0. The Balaban J connectivity index is 2.11. The predicted molar refractivity (Wildman–Crippen MR) is 74.4 cm³/mol. The summed E-state index contributed by atoms with van der Waals surface area (Å²) in [5.74, 6) is 1.66. The highest BCUT2D eigenvalue weighted by Gasteiger charge is 2.11. The molecule has 0 aliphatic rings. The van der Waals surface area contributed by atoms with E-state index in [-0.39, 0.29) is 6.10 Å². The van der Waals surface area contributed by atoms with Gasteiger partial charge in [0.25, 0.3) is 0 Å². The number of aromatic nitrogens is 4. The van der Waals surface area contributed by atoms with Gasteiger partial charge in [0.15, 0.2) is 11.5 Å². The average Bonchev–Trinajstić information content (AvgIpc) is 2.68. The molecule has 0 radical (unpaired) electrons. The van der Waals surface area contributed by atoms with E-state index in [2.05, 4.69) is 35.8 Å². The minimum Gasteiger partial charge on any atom is -0.383 e. The van der Waals surface area contributed by atoms with Crippen molar-refractivity contribution in [2.45, 2.75) is 39.9 Å². The molecule has 2 N–H and O–H groups in total. The van der Waals surface area contributed by atoms with Gasteiger partial charge < -0.3 is 10.5 Å². The van der Waals surface area contributed by atoms with Crippen LogP contribution in [0, 0.1) is 5.92 Å². The van der Waals surface area contributed by atoms with Crippen LogP contribution in [0.25, 0.3) is 11.0 Å². The number of nitrogens with zero attached hydrogens (tertiary/aromatic N) is 4. The molecule has 6 heteroatoms. The van der Waals surface area contributed by atoms with Gasteiger partial charge in [-0.3, -0.25) is 4.68 Å². The summed E-state index contributed by atoms with van der Waals surface area (Å²) in [6.07, 6.45) is 2.88. The second-order valence-corrected chi connectivity index (χ2v) is 5.28. The van der Waals surface area contributed by atoms with Crippen molar-refractivity contribution in [2.24, 2.45) is 13.0 Å². The molecule has 2 rings (SSSR count). The Bertz CT molecular complexity index is 563. The first kappa shape index (κ1) is 13.7. The second kappa shape index (κ2) is 5.52. The second-order valence-electron chi connectivity index (χ2n) is 5.28. The number of aryl methyl sites for hydroxylation is 1. The molecule has 1 atom stereocenters. The molecule has 0 aliphatic heterocycles. The monoisotopic (exact) mass is 263 g/mol. The zero-order valence-electron chi connectivity index (χ0n) is 11.9. The van der Waals surface area contributed by atoms with E-state index in [1.54, 1.807) is 10.9 Å². The lowest BCUT2D eigenvalue weighted by Crippen LogP contribution is -2.13. The first-order valence-electron chi connectivity index (χ1n) is 6.53. The Morgan fingerprint density at radius 3 is 2.74 bits per heavy atom. The van der Waals surface area contributed by atoms with Crippen molar-refractivity contribution in [3.05, 3.63) is 12.0 Å². The van der Waals surface area contributed by atoms with Crippen LogP contribution in [0.2, 0.25) is 0 Å². The molecular weight excluding hydrogens is 242 g/mol. The molecule has 2 heterocycles. The summed E-state index contributed by atoms with van der Waals surface area (Å²) in [4.78, 5) is 8.69. The number of hydrogen-bond acceptors (Lipinski definition) is 5. The minimum atomic E-state index is 0.187. The van der Waals surface area contributed by atoms with Crippen molar-refractivity contribution in [1.82, 2.24) is 19.7 Å². The fraction of sp³-hybridized carbons (Fsp3) is 0.615. The van der Waals surface area contributed by atoms with E-state index in [0.717, 1.165) is 17.5 Å². The maximum absolute atomic E-state index is 5.90. The molecule has 0 fully saturated rings. The van der Waals surface area contributed by atoms with Crippen molar-refractivity contribution in [3.63, 3.8) is 0 Å². The molecule has 0 bridgehead atoms. The number of ether oxygens (including phenoxy) is 1. The standard InChI is InChI=1S/C13H21N5O/c1-8(2)5-9(3)19-7-11-16-12(14)10-6-15-18(4)13(10)17-11/h6,8-9H,5,7H2,1-4H3,(H2,14,16,17). The third-order valence-corrected chi connectivity index (χ3v) is 2.97. The van der Waals surface area contributed by atoms with Gasteiger partial charge in [0.2, 0.25) is 0 Å². The van der Waals surface area contributed by atoms with Crippen LogP contribution >= 0.6 is 0 Å². The van der Waals surface area contributed by atoms with E-state index in [9.17, 15) is 0 Å². The Hall–Kier alpha value is -1.69. The highest BCUT2D eigenvalue weighted by atomic mass is 16.5. The number of rotatable bonds is 5. The molecule has 104 valence electrons. The maximum Gasteiger partial charge on any atom is 0.163 e. The zero-order valence-corrected chi connectivity index (χ0v) is 11.9. The first-order chi connectivity index (χ1) is 8.97. The average molecular weight is 263 g/mol. The van der Waals surface area contributed by atoms with Gasteiger partial charge in [0, 0.05) is 7.05 Å². The summed E-state index contributed by atoms with van der Waals surface area (Å²) in [5, 5.41) is 4.90. The molecular formula is C13H21N5O. The number of anilines is 1. The molecule has 6 nitrogen and oxygen atoms in total. The van der Waals surface area contributed by atoms with Crippen LogP contribution in [-0.4, -0.2) is 25.9 Å². The van der Waals surface area contributed by atoms with E-state index in [4.69, 9.17) is 10.5 Å². The largest absolute Gasteiger partial charge is 0.383 e. The molecule has 2 aromatic rings. The van der Waals surface area contributed by atoms with Crippen LogP contribution in [0.15, 0.2) is 6.20 Å². The molecule has 0 aromatic carbocycles. The summed E-state index contributed by atoms with van der Waals surface area (Å²) in [7, 11) is 1.83. The lowest BCUT2D eigenvalue weighted by molar-refractivity contribution is 0.0361. The Morgan fingerprint density at radius 1 is 1.32 bits per heavy atom. The lowest BCUT2D eigenvalue weighted by atomic mass is 10.1. The molecule has 1 unspecified atom stereocenters. The van der Waals surface area contributed by atoms with Crippen molar-refractivity contribution >= 4 is 16.9 Å². The van der Waals surface area contributed by atoms with Gasteiger partial charge in [-0.05, 0) is 19.3 Å².